The Morgan fingerprint density at radius 3 is 2.04 bits per heavy atom. The summed E-state index contributed by atoms with van der Waals surface area (Å²) in [5.41, 5.74) is 7.10. The zero-order chi connectivity index (χ0) is 36.0. The molecular weight excluding hydrogens is 608 g/mol. The van der Waals surface area contributed by atoms with Crippen LogP contribution in [0.25, 0.3) is 5.70 Å². The number of phenolic OH excluding ortho intramolecular Hbond substituents is 1. The van der Waals surface area contributed by atoms with Crippen LogP contribution in [0.5, 0.6) is 11.5 Å². The number of unbranched alkanes of at least 4 members (excludes halogenated alkanes) is 10. The second-order valence-corrected chi connectivity index (χ2v) is 13.4. The Balaban J connectivity index is 1.95. The average Bonchev–Trinajstić information content (AvgIpc) is 3.05. The predicted octanol–water partition coefficient (Wildman–Crippen LogP) is 11.3. The largest absolute Gasteiger partial charge is 0.507 e. The Kier molecular flexibility index (Phi) is 20.3. The lowest BCUT2D eigenvalue weighted by Gasteiger charge is -2.14. The number of amidine groups is 1. The number of allylic oxidation sites excluding steroid dienone is 2. The highest BCUT2D eigenvalue weighted by Gasteiger charge is 2.14. The minimum Gasteiger partial charge on any atom is -0.507 e. The van der Waals surface area contributed by atoms with E-state index in [1.54, 1.807) is 12.1 Å². The first kappa shape index (κ1) is 41.7. The molecule has 0 saturated carbocycles. The predicted molar refractivity (Wildman–Crippen MR) is 209 cm³/mol. The average molecular weight is 673 g/mol. The van der Waals surface area contributed by atoms with E-state index in [1.165, 1.54) is 69.4 Å². The minimum atomic E-state index is -0.756. The van der Waals surface area contributed by atoms with Gasteiger partial charge < -0.3 is 19.7 Å². The molecule has 0 bridgehead atoms. The topological polar surface area (TPSA) is 83.6 Å². The van der Waals surface area contributed by atoms with Gasteiger partial charge in [0.05, 0.1) is 12.3 Å². The third-order valence-corrected chi connectivity index (χ3v) is 8.51. The first-order valence-corrected chi connectivity index (χ1v) is 18.5. The van der Waals surface area contributed by atoms with Gasteiger partial charge in [0, 0.05) is 29.5 Å². The van der Waals surface area contributed by atoms with E-state index in [1.807, 2.05) is 26.8 Å². The van der Waals surface area contributed by atoms with Gasteiger partial charge in [-0.2, -0.15) is 0 Å². The van der Waals surface area contributed by atoms with E-state index in [4.69, 9.17) is 19.5 Å². The molecule has 0 saturated heterocycles. The van der Waals surface area contributed by atoms with Crippen LogP contribution in [0.1, 0.15) is 134 Å². The molecule has 0 aliphatic rings. The maximum Gasteiger partial charge on any atom is 0.159 e. The molecule has 2 aromatic rings. The fourth-order valence-electron chi connectivity index (χ4n) is 5.65. The molecule has 2 aromatic carbocycles. The quantitative estimate of drug-likeness (QED) is 0.0532. The molecule has 0 aliphatic carbocycles. The number of hydrogen-bond acceptors (Lipinski definition) is 5. The zero-order valence-electron chi connectivity index (χ0n) is 31.6. The van der Waals surface area contributed by atoms with Crippen LogP contribution in [0.4, 0.5) is 0 Å². The molecule has 49 heavy (non-hydrogen) atoms. The molecule has 2 N–H and O–H groups in total. The van der Waals surface area contributed by atoms with E-state index in [-0.39, 0.29) is 19.0 Å². The highest BCUT2D eigenvalue weighted by molar-refractivity contribution is 6.14. The smallest absolute Gasteiger partial charge is 0.159 e. The Bertz CT molecular complexity index is 1410. The van der Waals surface area contributed by atoms with Gasteiger partial charge in [0.15, 0.2) is 5.84 Å². The van der Waals surface area contributed by atoms with Crippen LogP contribution in [0.3, 0.4) is 0 Å². The van der Waals surface area contributed by atoms with E-state index in [9.17, 15) is 10.2 Å². The molecule has 0 heterocycles. The van der Waals surface area contributed by atoms with Gasteiger partial charge in [0.25, 0.3) is 0 Å². The van der Waals surface area contributed by atoms with Crippen LogP contribution in [-0.4, -0.2) is 47.7 Å². The normalized spacial score (nSPS) is 12.8. The molecule has 0 aliphatic heterocycles. The van der Waals surface area contributed by atoms with Crippen molar-refractivity contribution < 1.29 is 19.7 Å². The highest BCUT2D eigenvalue weighted by atomic mass is 16.5. The van der Waals surface area contributed by atoms with Gasteiger partial charge in [-0.3, -0.25) is 0 Å². The Morgan fingerprint density at radius 2 is 1.45 bits per heavy atom. The first-order chi connectivity index (χ1) is 23.6. The van der Waals surface area contributed by atoms with Gasteiger partial charge in [-0.15, -0.1) is 0 Å². The van der Waals surface area contributed by atoms with Crippen LogP contribution in [0.2, 0.25) is 0 Å². The number of aliphatic hydroxyl groups excluding tert-OH is 1. The molecule has 0 spiro atoms. The van der Waals surface area contributed by atoms with Gasteiger partial charge in [0.1, 0.15) is 24.2 Å². The lowest BCUT2D eigenvalue weighted by molar-refractivity contribution is 0.0109. The van der Waals surface area contributed by atoms with E-state index in [0.29, 0.717) is 29.5 Å². The molecule has 1 atom stereocenters. The summed E-state index contributed by atoms with van der Waals surface area (Å²) in [6.45, 7) is 19.7. The van der Waals surface area contributed by atoms with Crippen molar-refractivity contribution in [1.82, 2.24) is 0 Å². The lowest BCUT2D eigenvalue weighted by atomic mass is 10.0. The minimum absolute atomic E-state index is 0.00855. The summed E-state index contributed by atoms with van der Waals surface area (Å²) in [5, 5.41) is 21.3. The van der Waals surface area contributed by atoms with Crippen molar-refractivity contribution in [3.63, 3.8) is 0 Å². The van der Waals surface area contributed by atoms with E-state index < -0.39 is 6.10 Å². The molecule has 0 fully saturated rings. The molecule has 0 amide bonds. The number of ether oxygens (including phenoxy) is 2. The van der Waals surface area contributed by atoms with Gasteiger partial charge >= 0.3 is 0 Å². The van der Waals surface area contributed by atoms with E-state index >= 15 is 0 Å². The van der Waals surface area contributed by atoms with Gasteiger partial charge in [-0.05, 0) is 70.7 Å². The molecule has 1 unspecified atom stereocenters. The molecule has 0 aromatic heterocycles. The zero-order valence-corrected chi connectivity index (χ0v) is 31.6. The summed E-state index contributed by atoms with van der Waals surface area (Å²) in [7, 11) is 0. The summed E-state index contributed by atoms with van der Waals surface area (Å²) < 4.78 is 11.5. The van der Waals surface area contributed by atoms with Crippen LogP contribution < -0.4 is 4.74 Å². The van der Waals surface area contributed by atoms with Gasteiger partial charge in [-0.1, -0.05) is 126 Å². The van der Waals surface area contributed by atoms with Crippen molar-refractivity contribution in [1.29, 1.82) is 0 Å². The number of benzene rings is 2. The monoisotopic (exact) mass is 672 g/mol. The molecule has 2 rings (SSSR count). The number of rotatable bonds is 23. The number of nitrogens with zero attached hydrogens (tertiary/aromatic N) is 2. The van der Waals surface area contributed by atoms with E-state index in [2.05, 4.69) is 58.5 Å². The van der Waals surface area contributed by atoms with Crippen molar-refractivity contribution in [2.24, 2.45) is 9.98 Å². The Hall–Kier alpha value is -3.48. The fraction of sp³-hybridized carbons (Fsp3) is 0.535. The van der Waals surface area contributed by atoms with Crippen LogP contribution in [0, 0.1) is 13.8 Å². The number of aromatic hydroxyl groups is 1. The molecular formula is C43H64N2O4. The summed E-state index contributed by atoms with van der Waals surface area (Å²) in [4.78, 5) is 9.84. The molecule has 270 valence electrons. The highest BCUT2D eigenvalue weighted by Crippen LogP contribution is 2.30. The maximum atomic E-state index is 10.9. The number of phenols is 1. The van der Waals surface area contributed by atoms with Crippen molar-refractivity contribution in [3.05, 3.63) is 88.5 Å². The molecule has 0 radical (unpaired) electrons. The fourth-order valence-corrected chi connectivity index (χ4v) is 5.65. The summed E-state index contributed by atoms with van der Waals surface area (Å²) in [6, 6.07) is 11.3. The van der Waals surface area contributed by atoms with Crippen molar-refractivity contribution in [3.8, 4) is 11.5 Å². The summed E-state index contributed by atoms with van der Waals surface area (Å²) in [5.74, 6) is 0.969. The third-order valence-electron chi connectivity index (χ3n) is 8.51. The number of hydrogen-bond donors (Lipinski definition) is 2. The second-order valence-electron chi connectivity index (χ2n) is 13.4. The second kappa shape index (κ2) is 23.8. The maximum absolute atomic E-state index is 10.9. The Labute approximate surface area is 297 Å². The summed E-state index contributed by atoms with van der Waals surface area (Å²) in [6.07, 6.45) is 18.5. The first-order valence-electron chi connectivity index (χ1n) is 18.5. The van der Waals surface area contributed by atoms with Gasteiger partial charge in [-0.25, -0.2) is 9.98 Å². The van der Waals surface area contributed by atoms with Crippen LogP contribution >= 0.6 is 0 Å². The van der Waals surface area contributed by atoms with Crippen LogP contribution in [-0.2, 0) is 4.74 Å². The van der Waals surface area contributed by atoms with Crippen molar-refractivity contribution >= 4 is 17.2 Å². The SMILES string of the molecule is C=C(N=C(N=C(C)c1ccc(C)cc1C)C(/C=C\CC)=C(C)C)c1ccc(OCC(O)COCCCCCCCCCCCCC)cc1O. The standard InChI is InChI=1S/C43H64N2O4/c1-9-11-13-14-15-16-17-18-19-20-21-27-48-30-37(46)31-49-38-24-26-41(42(47)29-38)36(8)45-43(39(32(3)4)22-12-10-2)44-35(7)40-25-23-33(5)28-34(40)6/h12,22-26,28-29,37,46-47H,8-11,13-21,27,30-31H2,1-7H3/b22-12-,44-35?,45-43?. The molecule has 6 heteroatoms. The number of aryl methyl sites for hydroxylation is 2. The van der Waals surface area contributed by atoms with Gasteiger partial charge in [0.2, 0.25) is 0 Å². The molecule has 6 nitrogen and oxygen atoms in total. The van der Waals surface area contributed by atoms with E-state index in [0.717, 1.165) is 47.2 Å². The number of aliphatic imine (C=N–C) groups is 2. The lowest BCUT2D eigenvalue weighted by Crippen LogP contribution is -2.23. The van der Waals surface area contributed by atoms with Crippen molar-refractivity contribution in [2.45, 2.75) is 132 Å². The third kappa shape index (κ3) is 16.2. The van der Waals surface area contributed by atoms with Crippen molar-refractivity contribution in [2.75, 3.05) is 19.8 Å². The number of aliphatic hydroxyl groups is 1. The summed E-state index contributed by atoms with van der Waals surface area (Å²) >= 11 is 0. The van der Waals surface area contributed by atoms with Crippen LogP contribution in [0.15, 0.2) is 76.3 Å². The Morgan fingerprint density at radius 1 is 0.816 bits per heavy atom.